The molecule has 5 rings (SSSR count). The Kier molecular flexibility index (Phi) is 7.02. The molecule has 9 nitrogen and oxygen atoms in total. The zero-order valence-electron chi connectivity index (χ0n) is 20.9. The smallest absolute Gasteiger partial charge is 0.327 e. The molecule has 2 fully saturated rings. The maximum Gasteiger partial charge on any atom is 0.327 e. The highest BCUT2D eigenvalue weighted by Gasteiger charge is 2.57. The molecular formula is C27H33N3O6. The van der Waals surface area contributed by atoms with Crippen molar-refractivity contribution in [3.63, 3.8) is 0 Å². The second-order valence-electron chi connectivity index (χ2n) is 9.46. The van der Waals surface area contributed by atoms with Crippen molar-refractivity contribution in [2.24, 2.45) is 0 Å². The van der Waals surface area contributed by atoms with Gasteiger partial charge in [0, 0.05) is 39.8 Å². The Bertz CT molecular complexity index is 1100. The van der Waals surface area contributed by atoms with Gasteiger partial charge in [0.2, 0.25) is 12.5 Å². The number of hydrogen-bond acceptors (Lipinski definition) is 7. The maximum atomic E-state index is 13.7. The number of nitrogens with zero attached hydrogens (tertiary/aromatic N) is 3. The summed E-state index contributed by atoms with van der Waals surface area (Å²) in [7, 11) is 3.23. The number of likely N-dealkylation sites (tertiary alicyclic amines) is 1. The average Bonchev–Trinajstić information content (AvgIpc) is 3.45. The number of urea groups is 1. The van der Waals surface area contributed by atoms with Gasteiger partial charge in [0.1, 0.15) is 5.54 Å². The molecule has 0 atom stereocenters. The number of benzene rings is 2. The molecule has 2 aromatic rings. The highest BCUT2D eigenvalue weighted by Crippen LogP contribution is 2.43. The Hall–Kier alpha value is -3.30. The van der Waals surface area contributed by atoms with Gasteiger partial charge in [-0.15, -0.1) is 0 Å². The van der Waals surface area contributed by atoms with E-state index in [0.717, 1.165) is 11.1 Å². The minimum absolute atomic E-state index is 0.0797. The van der Waals surface area contributed by atoms with E-state index in [-0.39, 0.29) is 18.7 Å². The Labute approximate surface area is 211 Å². The number of amides is 3. The van der Waals surface area contributed by atoms with Gasteiger partial charge in [0.15, 0.2) is 11.5 Å². The van der Waals surface area contributed by atoms with Crippen LogP contribution in [0, 0.1) is 0 Å². The van der Waals surface area contributed by atoms with E-state index in [0.29, 0.717) is 75.8 Å². The highest BCUT2D eigenvalue weighted by atomic mass is 16.7. The van der Waals surface area contributed by atoms with Crippen LogP contribution in [-0.2, 0) is 22.5 Å². The molecule has 3 aliphatic rings. The van der Waals surface area contributed by atoms with Gasteiger partial charge in [0.25, 0.3) is 5.91 Å². The molecule has 0 saturated carbocycles. The van der Waals surface area contributed by atoms with E-state index in [2.05, 4.69) is 4.90 Å². The van der Waals surface area contributed by atoms with E-state index in [1.54, 1.807) is 19.1 Å². The predicted molar refractivity (Wildman–Crippen MR) is 132 cm³/mol. The summed E-state index contributed by atoms with van der Waals surface area (Å²) in [5, 5.41) is 0. The van der Waals surface area contributed by atoms with Crippen LogP contribution in [0.4, 0.5) is 4.79 Å². The Balaban J connectivity index is 1.28. The summed E-state index contributed by atoms with van der Waals surface area (Å²) in [4.78, 5) is 32.6. The van der Waals surface area contributed by atoms with E-state index >= 15 is 0 Å². The van der Waals surface area contributed by atoms with Gasteiger partial charge < -0.3 is 23.8 Å². The summed E-state index contributed by atoms with van der Waals surface area (Å²) in [5.74, 6) is 1.90. The van der Waals surface area contributed by atoms with Gasteiger partial charge in [-0.05, 0) is 42.5 Å². The van der Waals surface area contributed by atoms with Gasteiger partial charge in [-0.3, -0.25) is 14.6 Å². The number of carbonyl (C=O) groups excluding carboxylic acids is 2. The number of imide groups is 1. The molecule has 0 radical (unpaired) electrons. The van der Waals surface area contributed by atoms with Crippen molar-refractivity contribution in [2.75, 3.05) is 53.8 Å². The largest absolute Gasteiger partial charge is 0.493 e. The number of rotatable bonds is 9. The molecule has 3 amide bonds. The standard InChI is InChI=1S/C27H33N3O6/c1-33-15-14-30-26(32)29(11-8-20-6-4-3-5-7-20)25(31)27(30)9-12-28(13-10-27)18-21-16-22(34-2)24-23(17-21)35-19-36-24/h3-7,16-17H,8-15,18-19H2,1-2H3. The van der Waals surface area contributed by atoms with E-state index in [9.17, 15) is 9.59 Å². The first-order valence-corrected chi connectivity index (χ1v) is 12.4. The summed E-state index contributed by atoms with van der Waals surface area (Å²) < 4.78 is 21.8. The molecule has 0 aromatic heterocycles. The minimum atomic E-state index is -0.810. The third-order valence-electron chi connectivity index (χ3n) is 7.42. The number of fused-ring (bicyclic) bond motifs is 1. The van der Waals surface area contributed by atoms with Crippen LogP contribution >= 0.6 is 0 Å². The average molecular weight is 496 g/mol. The summed E-state index contributed by atoms with van der Waals surface area (Å²) in [6.07, 6.45) is 1.82. The first-order valence-electron chi connectivity index (χ1n) is 12.4. The molecule has 2 aromatic carbocycles. The van der Waals surface area contributed by atoms with Gasteiger partial charge in [-0.25, -0.2) is 4.79 Å². The van der Waals surface area contributed by atoms with Crippen LogP contribution in [0.15, 0.2) is 42.5 Å². The molecule has 0 N–H and O–H groups in total. The molecule has 1 spiro atoms. The molecule has 0 unspecified atom stereocenters. The number of methoxy groups -OCH3 is 2. The molecule has 192 valence electrons. The Morgan fingerprint density at radius 3 is 2.47 bits per heavy atom. The second kappa shape index (κ2) is 10.4. The fourth-order valence-electron chi connectivity index (χ4n) is 5.46. The number of carbonyl (C=O) groups is 2. The number of hydrogen-bond donors (Lipinski definition) is 0. The zero-order chi connectivity index (χ0) is 25.1. The van der Waals surface area contributed by atoms with E-state index in [1.807, 2.05) is 42.5 Å². The second-order valence-corrected chi connectivity index (χ2v) is 9.46. The third-order valence-corrected chi connectivity index (χ3v) is 7.42. The molecule has 3 heterocycles. The van der Waals surface area contributed by atoms with Crippen LogP contribution in [-0.4, -0.2) is 86.0 Å². The lowest BCUT2D eigenvalue weighted by molar-refractivity contribution is -0.135. The number of piperidine rings is 1. The van der Waals surface area contributed by atoms with Gasteiger partial charge in [-0.2, -0.15) is 0 Å². The van der Waals surface area contributed by atoms with E-state index in [4.69, 9.17) is 18.9 Å². The summed E-state index contributed by atoms with van der Waals surface area (Å²) in [5.41, 5.74) is 1.35. The molecule has 0 bridgehead atoms. The van der Waals surface area contributed by atoms with Crippen molar-refractivity contribution >= 4 is 11.9 Å². The SMILES string of the molecule is COCCN1C(=O)N(CCc2ccccc2)C(=O)C12CCN(Cc1cc(OC)c3c(c1)OCO3)CC2. The van der Waals surface area contributed by atoms with Crippen LogP contribution in [0.2, 0.25) is 0 Å². The first-order chi connectivity index (χ1) is 17.6. The fraction of sp³-hybridized carbons (Fsp3) is 0.481. The molecule has 0 aliphatic carbocycles. The minimum Gasteiger partial charge on any atom is -0.493 e. The molecule has 3 aliphatic heterocycles. The van der Waals surface area contributed by atoms with Crippen molar-refractivity contribution in [2.45, 2.75) is 31.3 Å². The first kappa shape index (κ1) is 24.4. The molecule has 2 saturated heterocycles. The fourth-order valence-corrected chi connectivity index (χ4v) is 5.46. The lowest BCUT2D eigenvalue weighted by Crippen LogP contribution is -2.57. The Morgan fingerprint density at radius 2 is 1.75 bits per heavy atom. The lowest BCUT2D eigenvalue weighted by Gasteiger charge is -2.42. The van der Waals surface area contributed by atoms with Gasteiger partial charge in [0.05, 0.1) is 13.7 Å². The quantitative estimate of drug-likeness (QED) is 0.495. The van der Waals surface area contributed by atoms with Gasteiger partial charge in [-0.1, -0.05) is 30.3 Å². The highest BCUT2D eigenvalue weighted by molar-refractivity contribution is 6.07. The molecule has 9 heteroatoms. The van der Waals surface area contributed by atoms with Crippen LogP contribution in [0.25, 0.3) is 0 Å². The Morgan fingerprint density at radius 1 is 0.972 bits per heavy atom. The van der Waals surface area contributed by atoms with Crippen LogP contribution < -0.4 is 14.2 Å². The number of ether oxygens (including phenoxy) is 4. The third kappa shape index (κ3) is 4.49. The van der Waals surface area contributed by atoms with Crippen molar-refractivity contribution in [1.29, 1.82) is 0 Å². The zero-order valence-corrected chi connectivity index (χ0v) is 20.9. The monoisotopic (exact) mass is 495 g/mol. The van der Waals surface area contributed by atoms with Crippen LogP contribution in [0.3, 0.4) is 0 Å². The van der Waals surface area contributed by atoms with Crippen LogP contribution in [0.5, 0.6) is 17.2 Å². The van der Waals surface area contributed by atoms with E-state index < -0.39 is 5.54 Å². The van der Waals surface area contributed by atoms with Gasteiger partial charge >= 0.3 is 6.03 Å². The predicted octanol–water partition coefficient (Wildman–Crippen LogP) is 2.91. The topological polar surface area (TPSA) is 80.8 Å². The van der Waals surface area contributed by atoms with Crippen molar-refractivity contribution < 1.29 is 28.5 Å². The lowest BCUT2D eigenvalue weighted by atomic mass is 9.85. The van der Waals surface area contributed by atoms with Crippen molar-refractivity contribution in [3.8, 4) is 17.2 Å². The normalized spacial score (nSPS) is 18.9. The molecular weight excluding hydrogens is 462 g/mol. The summed E-state index contributed by atoms with van der Waals surface area (Å²) >= 11 is 0. The maximum absolute atomic E-state index is 13.7. The summed E-state index contributed by atoms with van der Waals surface area (Å²) in [6.45, 7) is 3.47. The molecule has 36 heavy (non-hydrogen) atoms. The summed E-state index contributed by atoms with van der Waals surface area (Å²) in [6, 6.07) is 13.7. The van der Waals surface area contributed by atoms with E-state index in [1.165, 1.54) is 4.90 Å². The van der Waals surface area contributed by atoms with Crippen LogP contribution in [0.1, 0.15) is 24.0 Å². The van der Waals surface area contributed by atoms with Crippen molar-refractivity contribution in [1.82, 2.24) is 14.7 Å². The van der Waals surface area contributed by atoms with Crippen molar-refractivity contribution in [3.05, 3.63) is 53.6 Å².